The molecule has 2 unspecified atom stereocenters. The van der Waals surface area contributed by atoms with Crippen LogP contribution in [0.5, 0.6) is 0 Å². The second-order valence-corrected chi connectivity index (χ2v) is 4.63. The zero-order valence-electron chi connectivity index (χ0n) is 10.1. The molecule has 1 saturated heterocycles. The van der Waals surface area contributed by atoms with Gasteiger partial charge in [0.1, 0.15) is 5.69 Å². The Kier molecular flexibility index (Phi) is 3.66. The van der Waals surface area contributed by atoms with Crippen LogP contribution in [0.1, 0.15) is 13.3 Å². The molecule has 1 aromatic carbocycles. The van der Waals surface area contributed by atoms with Gasteiger partial charge in [-0.05, 0) is 12.3 Å². The first-order chi connectivity index (χ1) is 8.90. The van der Waals surface area contributed by atoms with Gasteiger partial charge < -0.3 is 10.0 Å². The van der Waals surface area contributed by atoms with Crippen molar-refractivity contribution in [2.45, 2.75) is 19.4 Å². The lowest BCUT2D eigenvalue weighted by atomic mass is 10.0. The molecule has 1 N–H and O–H groups in total. The van der Waals surface area contributed by atoms with Gasteiger partial charge in [-0.1, -0.05) is 6.92 Å². The molecule has 1 aliphatic rings. The normalized spacial score (nSPS) is 23.2. The van der Waals surface area contributed by atoms with Crippen molar-refractivity contribution in [3.05, 3.63) is 29.1 Å². The van der Waals surface area contributed by atoms with E-state index in [1.165, 1.54) is 0 Å². The molecule has 2 nitrogen and oxygen atoms in total. The van der Waals surface area contributed by atoms with Crippen LogP contribution in [0.4, 0.5) is 27.6 Å². The Labute approximate surface area is 106 Å². The fourth-order valence-corrected chi connectivity index (χ4v) is 2.41. The summed E-state index contributed by atoms with van der Waals surface area (Å²) in [7, 11) is 0. The van der Waals surface area contributed by atoms with Crippen LogP contribution in [-0.2, 0) is 0 Å². The van der Waals surface area contributed by atoms with E-state index in [1.54, 1.807) is 6.92 Å². The molecule has 19 heavy (non-hydrogen) atoms. The maximum atomic E-state index is 13.6. The van der Waals surface area contributed by atoms with E-state index in [9.17, 15) is 27.1 Å². The summed E-state index contributed by atoms with van der Waals surface area (Å²) in [5, 5.41) is 9.20. The number of aliphatic hydroxyl groups excluding tert-OH is 1. The summed E-state index contributed by atoms with van der Waals surface area (Å²) in [6.45, 7) is 1.46. The first-order valence-electron chi connectivity index (χ1n) is 5.79. The van der Waals surface area contributed by atoms with Gasteiger partial charge in [0.05, 0.1) is 12.6 Å². The summed E-state index contributed by atoms with van der Waals surface area (Å²) in [4.78, 5) is 1.04. The van der Waals surface area contributed by atoms with Gasteiger partial charge in [-0.2, -0.15) is 0 Å². The van der Waals surface area contributed by atoms with Crippen molar-refractivity contribution in [1.82, 2.24) is 0 Å². The Morgan fingerprint density at radius 1 is 1.00 bits per heavy atom. The highest BCUT2D eigenvalue weighted by atomic mass is 19.2. The van der Waals surface area contributed by atoms with E-state index in [0.717, 1.165) is 4.90 Å². The largest absolute Gasteiger partial charge is 0.394 e. The van der Waals surface area contributed by atoms with Gasteiger partial charge in [-0.25, -0.2) is 22.0 Å². The Morgan fingerprint density at radius 3 is 1.95 bits per heavy atom. The molecule has 1 aromatic rings. The molecule has 0 spiro atoms. The number of benzene rings is 1. The summed E-state index contributed by atoms with van der Waals surface area (Å²) < 4.78 is 66.5. The zero-order valence-corrected chi connectivity index (χ0v) is 10.1. The average molecular weight is 281 g/mol. The standard InChI is InChI=1S/C12H12F5NO/c1-5-2-3-18(6(5)4-19)12-10(16)8(14)7(13)9(15)11(12)17/h5-6,19H,2-4H2,1H3. The lowest BCUT2D eigenvalue weighted by molar-refractivity contribution is 0.243. The third kappa shape index (κ3) is 2.05. The van der Waals surface area contributed by atoms with Gasteiger partial charge in [0, 0.05) is 6.54 Å². The predicted octanol–water partition coefficient (Wildman–Crippen LogP) is 2.59. The van der Waals surface area contributed by atoms with Crippen molar-refractivity contribution in [2.75, 3.05) is 18.1 Å². The molecule has 106 valence electrons. The molecule has 0 radical (unpaired) electrons. The Morgan fingerprint density at radius 2 is 1.47 bits per heavy atom. The minimum Gasteiger partial charge on any atom is -0.394 e. The smallest absolute Gasteiger partial charge is 0.200 e. The first-order valence-corrected chi connectivity index (χ1v) is 5.79. The molecule has 0 bridgehead atoms. The van der Waals surface area contributed by atoms with Gasteiger partial charge in [-0.3, -0.25) is 0 Å². The van der Waals surface area contributed by atoms with Gasteiger partial charge >= 0.3 is 0 Å². The summed E-state index contributed by atoms with van der Waals surface area (Å²) in [5.74, 6) is -9.92. The van der Waals surface area contributed by atoms with Crippen LogP contribution in [0.2, 0.25) is 0 Å². The minimum absolute atomic E-state index is 0.0972. The zero-order chi connectivity index (χ0) is 14.3. The topological polar surface area (TPSA) is 23.5 Å². The van der Waals surface area contributed by atoms with Crippen molar-refractivity contribution >= 4 is 5.69 Å². The molecular formula is C12H12F5NO. The molecule has 1 fully saturated rings. The van der Waals surface area contributed by atoms with Crippen molar-refractivity contribution in [3.63, 3.8) is 0 Å². The Hall–Kier alpha value is -1.37. The molecular weight excluding hydrogens is 269 g/mol. The van der Waals surface area contributed by atoms with E-state index in [2.05, 4.69) is 0 Å². The minimum atomic E-state index is -2.17. The number of hydrogen-bond donors (Lipinski definition) is 1. The number of rotatable bonds is 2. The SMILES string of the molecule is CC1CCN(c2c(F)c(F)c(F)c(F)c2F)C1CO. The highest BCUT2D eigenvalue weighted by Crippen LogP contribution is 2.36. The second kappa shape index (κ2) is 4.96. The van der Waals surface area contributed by atoms with Crippen molar-refractivity contribution < 1.29 is 27.1 Å². The van der Waals surface area contributed by atoms with Crippen LogP contribution in [0.3, 0.4) is 0 Å². The number of nitrogens with zero attached hydrogens (tertiary/aromatic N) is 1. The molecule has 0 aromatic heterocycles. The molecule has 2 atom stereocenters. The number of aliphatic hydroxyl groups is 1. The Bertz CT molecular complexity index is 478. The highest BCUT2D eigenvalue weighted by Gasteiger charge is 2.37. The monoisotopic (exact) mass is 281 g/mol. The highest BCUT2D eigenvalue weighted by molar-refractivity contribution is 5.52. The summed E-state index contributed by atoms with van der Waals surface area (Å²) in [6.07, 6.45) is 0.505. The Balaban J connectivity index is 2.57. The van der Waals surface area contributed by atoms with Crippen LogP contribution >= 0.6 is 0 Å². The van der Waals surface area contributed by atoms with E-state index in [4.69, 9.17) is 0 Å². The van der Waals surface area contributed by atoms with Crippen LogP contribution in [0, 0.1) is 35.0 Å². The van der Waals surface area contributed by atoms with E-state index >= 15 is 0 Å². The number of hydrogen-bond acceptors (Lipinski definition) is 2. The lowest BCUT2D eigenvalue weighted by Gasteiger charge is -2.28. The molecule has 0 saturated carbocycles. The molecule has 7 heteroatoms. The summed E-state index contributed by atoms with van der Waals surface area (Å²) in [5.41, 5.74) is -0.959. The van der Waals surface area contributed by atoms with Gasteiger partial charge in [0.25, 0.3) is 0 Å². The molecule has 1 heterocycles. The van der Waals surface area contributed by atoms with Crippen molar-refractivity contribution in [3.8, 4) is 0 Å². The maximum absolute atomic E-state index is 13.6. The van der Waals surface area contributed by atoms with Crippen molar-refractivity contribution in [2.24, 2.45) is 5.92 Å². The molecule has 0 aliphatic carbocycles. The van der Waals surface area contributed by atoms with Gasteiger partial charge in [0.15, 0.2) is 23.3 Å². The summed E-state index contributed by atoms with van der Waals surface area (Å²) >= 11 is 0. The average Bonchev–Trinajstić information content (AvgIpc) is 2.75. The third-order valence-electron chi connectivity index (χ3n) is 3.54. The van der Waals surface area contributed by atoms with E-state index in [1.807, 2.05) is 0 Å². The fourth-order valence-electron chi connectivity index (χ4n) is 2.41. The van der Waals surface area contributed by atoms with Crippen LogP contribution in [-0.4, -0.2) is 24.3 Å². The molecule has 1 aliphatic heterocycles. The molecule has 2 rings (SSSR count). The summed E-state index contributed by atoms with van der Waals surface area (Å²) in [6, 6.07) is -0.659. The first kappa shape index (κ1) is 14.0. The van der Waals surface area contributed by atoms with Crippen LogP contribution in [0.25, 0.3) is 0 Å². The fraction of sp³-hybridized carbons (Fsp3) is 0.500. The van der Waals surface area contributed by atoms with Crippen LogP contribution < -0.4 is 4.90 Å². The van der Waals surface area contributed by atoms with Gasteiger partial charge in [-0.15, -0.1) is 0 Å². The maximum Gasteiger partial charge on any atom is 0.200 e. The van der Waals surface area contributed by atoms with E-state index in [-0.39, 0.29) is 12.5 Å². The van der Waals surface area contributed by atoms with Crippen LogP contribution in [0.15, 0.2) is 0 Å². The van der Waals surface area contributed by atoms with Gasteiger partial charge in [0.2, 0.25) is 5.82 Å². The van der Waals surface area contributed by atoms with E-state index < -0.39 is 47.4 Å². The van der Waals surface area contributed by atoms with E-state index in [0.29, 0.717) is 6.42 Å². The lowest BCUT2D eigenvalue weighted by Crippen LogP contribution is -2.37. The molecule has 0 amide bonds. The number of anilines is 1. The van der Waals surface area contributed by atoms with Crippen molar-refractivity contribution in [1.29, 1.82) is 0 Å². The quantitative estimate of drug-likeness (QED) is 0.511. The third-order valence-corrected chi connectivity index (χ3v) is 3.54. The second-order valence-electron chi connectivity index (χ2n) is 4.63. The number of halogens is 5. The predicted molar refractivity (Wildman–Crippen MR) is 58.2 cm³/mol.